The minimum Gasteiger partial charge on any atom is -0.324 e. The number of carbonyl (C=O) groups excluding carboxylic acids is 2. The number of rotatable bonds is 5. The van der Waals surface area contributed by atoms with E-state index in [1.807, 2.05) is 6.92 Å². The predicted molar refractivity (Wildman–Crippen MR) is 85.6 cm³/mol. The van der Waals surface area contributed by atoms with Crippen LogP contribution >= 0.6 is 24.0 Å². The summed E-state index contributed by atoms with van der Waals surface area (Å²) in [5.74, 6) is -0.882. The highest BCUT2D eigenvalue weighted by Crippen LogP contribution is 2.29. The highest BCUT2D eigenvalue weighted by Gasteiger charge is 2.35. The van der Waals surface area contributed by atoms with Crippen LogP contribution in [0.1, 0.15) is 19.8 Å². The van der Waals surface area contributed by atoms with E-state index >= 15 is 0 Å². The van der Waals surface area contributed by atoms with Gasteiger partial charge >= 0.3 is 0 Å². The SMILES string of the molecule is CCC1SC(=S)N(CCC(=O)Nc2ccccc2F)C1=O. The first-order chi connectivity index (χ1) is 10.0. The minimum atomic E-state index is -0.486. The first kappa shape index (κ1) is 15.9. The van der Waals surface area contributed by atoms with Gasteiger partial charge in [-0.1, -0.05) is 43.0 Å². The van der Waals surface area contributed by atoms with Gasteiger partial charge in [0.15, 0.2) is 0 Å². The zero-order chi connectivity index (χ0) is 15.4. The average molecular weight is 326 g/mol. The molecule has 1 atom stereocenters. The minimum absolute atomic E-state index is 0.0498. The van der Waals surface area contributed by atoms with Crippen molar-refractivity contribution in [1.82, 2.24) is 4.90 Å². The van der Waals surface area contributed by atoms with Crippen molar-refractivity contribution in [2.24, 2.45) is 0 Å². The molecule has 1 N–H and O–H groups in total. The maximum absolute atomic E-state index is 13.4. The third-order valence-electron chi connectivity index (χ3n) is 3.09. The van der Waals surface area contributed by atoms with Crippen molar-refractivity contribution >= 4 is 45.8 Å². The van der Waals surface area contributed by atoms with Gasteiger partial charge in [-0.15, -0.1) is 0 Å². The summed E-state index contributed by atoms with van der Waals surface area (Å²) in [6.07, 6.45) is 0.790. The van der Waals surface area contributed by atoms with Crippen LogP contribution in [0.5, 0.6) is 0 Å². The molecular formula is C14H15FN2O2S2. The van der Waals surface area contributed by atoms with Gasteiger partial charge in [-0.2, -0.15) is 0 Å². The van der Waals surface area contributed by atoms with E-state index in [0.717, 1.165) is 0 Å². The molecular weight excluding hydrogens is 311 g/mol. The van der Waals surface area contributed by atoms with Crippen molar-refractivity contribution in [2.45, 2.75) is 25.0 Å². The van der Waals surface area contributed by atoms with E-state index in [0.29, 0.717) is 10.7 Å². The summed E-state index contributed by atoms with van der Waals surface area (Å²) < 4.78 is 13.9. The first-order valence-corrected chi connectivity index (χ1v) is 7.88. The van der Waals surface area contributed by atoms with Gasteiger partial charge in [0.1, 0.15) is 10.1 Å². The van der Waals surface area contributed by atoms with Crippen LogP contribution in [-0.2, 0) is 9.59 Å². The summed E-state index contributed by atoms with van der Waals surface area (Å²) in [4.78, 5) is 25.3. The Morgan fingerprint density at radius 3 is 2.81 bits per heavy atom. The van der Waals surface area contributed by atoms with E-state index in [1.165, 1.54) is 28.8 Å². The van der Waals surface area contributed by atoms with Crippen molar-refractivity contribution in [3.05, 3.63) is 30.1 Å². The topological polar surface area (TPSA) is 49.4 Å². The van der Waals surface area contributed by atoms with Crippen LogP contribution in [0, 0.1) is 5.82 Å². The van der Waals surface area contributed by atoms with Crippen LogP contribution in [0.4, 0.5) is 10.1 Å². The highest BCUT2D eigenvalue weighted by molar-refractivity contribution is 8.24. The molecule has 1 aliphatic heterocycles. The Morgan fingerprint density at radius 2 is 2.19 bits per heavy atom. The Morgan fingerprint density at radius 1 is 1.48 bits per heavy atom. The molecule has 0 aliphatic carbocycles. The number of nitrogens with one attached hydrogen (secondary N) is 1. The standard InChI is InChI=1S/C14H15FN2O2S2/c1-2-11-13(19)17(14(20)21-11)8-7-12(18)16-10-6-4-3-5-9(10)15/h3-6,11H,2,7-8H2,1H3,(H,16,18). The molecule has 1 fully saturated rings. The Hall–Kier alpha value is -1.47. The lowest BCUT2D eigenvalue weighted by Crippen LogP contribution is -2.34. The molecule has 1 aromatic carbocycles. The molecule has 1 unspecified atom stereocenters. The van der Waals surface area contributed by atoms with Gasteiger partial charge < -0.3 is 5.32 Å². The largest absolute Gasteiger partial charge is 0.324 e. The molecule has 21 heavy (non-hydrogen) atoms. The van der Waals surface area contributed by atoms with Gasteiger partial charge in [0.05, 0.1) is 10.9 Å². The van der Waals surface area contributed by atoms with Crippen LogP contribution in [0.15, 0.2) is 24.3 Å². The normalized spacial score (nSPS) is 18.2. The zero-order valence-corrected chi connectivity index (χ0v) is 13.1. The summed E-state index contributed by atoms with van der Waals surface area (Å²) in [7, 11) is 0. The fraction of sp³-hybridized carbons (Fsp3) is 0.357. The summed E-state index contributed by atoms with van der Waals surface area (Å²) in [5, 5.41) is 2.34. The molecule has 1 aliphatic rings. The number of hydrogen-bond donors (Lipinski definition) is 1. The van der Waals surface area contributed by atoms with Gasteiger partial charge in [0, 0.05) is 13.0 Å². The quantitative estimate of drug-likeness (QED) is 0.845. The summed E-state index contributed by atoms with van der Waals surface area (Å²) in [6.45, 7) is 2.15. The van der Waals surface area contributed by atoms with Gasteiger partial charge in [-0.05, 0) is 18.6 Å². The second-order valence-corrected chi connectivity index (χ2v) is 6.39. The van der Waals surface area contributed by atoms with Crippen molar-refractivity contribution in [1.29, 1.82) is 0 Å². The number of thioether (sulfide) groups is 1. The second-order valence-electron chi connectivity index (χ2n) is 4.55. The first-order valence-electron chi connectivity index (χ1n) is 6.59. The van der Waals surface area contributed by atoms with E-state index in [9.17, 15) is 14.0 Å². The molecule has 0 spiro atoms. The molecule has 0 radical (unpaired) electrons. The molecule has 1 aromatic rings. The van der Waals surface area contributed by atoms with Crippen LogP contribution < -0.4 is 5.32 Å². The van der Waals surface area contributed by atoms with E-state index in [4.69, 9.17) is 12.2 Å². The van der Waals surface area contributed by atoms with E-state index in [1.54, 1.807) is 12.1 Å². The Bertz CT molecular complexity index is 580. The van der Waals surface area contributed by atoms with Gasteiger partial charge in [0.2, 0.25) is 11.8 Å². The van der Waals surface area contributed by atoms with Crippen molar-refractivity contribution in [3.8, 4) is 0 Å². The third kappa shape index (κ3) is 3.79. The van der Waals surface area contributed by atoms with E-state index in [-0.39, 0.29) is 35.7 Å². The molecule has 2 rings (SSSR count). The molecule has 4 nitrogen and oxygen atoms in total. The molecule has 112 valence electrons. The maximum Gasteiger partial charge on any atom is 0.241 e. The highest BCUT2D eigenvalue weighted by atomic mass is 32.2. The number of halogens is 1. The fourth-order valence-electron chi connectivity index (χ4n) is 1.95. The lowest BCUT2D eigenvalue weighted by Gasteiger charge is -2.15. The van der Waals surface area contributed by atoms with E-state index in [2.05, 4.69) is 5.32 Å². The molecule has 0 saturated carbocycles. The number of anilines is 1. The van der Waals surface area contributed by atoms with Crippen LogP contribution in [-0.4, -0.2) is 32.8 Å². The van der Waals surface area contributed by atoms with Crippen molar-refractivity contribution in [2.75, 3.05) is 11.9 Å². The van der Waals surface area contributed by atoms with Crippen molar-refractivity contribution in [3.63, 3.8) is 0 Å². The predicted octanol–water partition coefficient (Wildman–Crippen LogP) is 2.79. The number of thiocarbonyl (C=S) groups is 1. The Kier molecular flexibility index (Phi) is 5.30. The molecule has 1 saturated heterocycles. The Labute approximate surface area is 132 Å². The number of benzene rings is 1. The van der Waals surface area contributed by atoms with Crippen LogP contribution in [0.2, 0.25) is 0 Å². The lowest BCUT2D eigenvalue weighted by atomic mass is 10.2. The van der Waals surface area contributed by atoms with Gasteiger partial charge in [-0.3, -0.25) is 14.5 Å². The molecule has 7 heteroatoms. The molecule has 1 heterocycles. The molecule has 0 aromatic heterocycles. The van der Waals surface area contributed by atoms with Gasteiger partial charge in [-0.25, -0.2) is 4.39 Å². The number of nitrogens with zero attached hydrogens (tertiary/aromatic N) is 1. The van der Waals surface area contributed by atoms with Crippen molar-refractivity contribution < 1.29 is 14.0 Å². The average Bonchev–Trinajstić information content (AvgIpc) is 2.74. The van der Waals surface area contributed by atoms with Crippen LogP contribution in [0.3, 0.4) is 0 Å². The summed E-state index contributed by atoms with van der Waals surface area (Å²) >= 11 is 6.50. The van der Waals surface area contributed by atoms with Gasteiger partial charge in [0.25, 0.3) is 0 Å². The second kappa shape index (κ2) is 7.00. The smallest absolute Gasteiger partial charge is 0.241 e. The monoisotopic (exact) mass is 326 g/mol. The number of carbonyl (C=O) groups is 2. The summed E-state index contributed by atoms with van der Waals surface area (Å²) in [6, 6.07) is 5.95. The number of amides is 2. The third-order valence-corrected chi connectivity index (χ3v) is 4.84. The number of para-hydroxylation sites is 1. The zero-order valence-electron chi connectivity index (χ0n) is 11.5. The fourth-order valence-corrected chi connectivity index (χ4v) is 3.42. The summed E-state index contributed by atoms with van der Waals surface area (Å²) in [5.41, 5.74) is 0.138. The molecule has 0 bridgehead atoms. The number of hydrogen-bond acceptors (Lipinski definition) is 4. The van der Waals surface area contributed by atoms with Crippen LogP contribution in [0.25, 0.3) is 0 Å². The Balaban J connectivity index is 1.89. The lowest BCUT2D eigenvalue weighted by molar-refractivity contribution is -0.126. The van der Waals surface area contributed by atoms with E-state index < -0.39 is 5.82 Å². The maximum atomic E-state index is 13.4. The molecule has 2 amide bonds.